The predicted octanol–water partition coefficient (Wildman–Crippen LogP) is 4.86. The fourth-order valence-corrected chi connectivity index (χ4v) is 4.65. The summed E-state index contributed by atoms with van der Waals surface area (Å²) in [5.74, 6) is 0.291. The maximum Gasteiger partial charge on any atom is 0.340 e. The molecular formula is C17H21NO2S2. The van der Waals surface area contributed by atoms with Crippen molar-refractivity contribution in [3.8, 4) is 0 Å². The molecule has 0 aliphatic carbocycles. The van der Waals surface area contributed by atoms with E-state index in [1.165, 1.54) is 16.6 Å². The van der Waals surface area contributed by atoms with E-state index >= 15 is 0 Å². The van der Waals surface area contributed by atoms with E-state index in [9.17, 15) is 4.79 Å². The van der Waals surface area contributed by atoms with Crippen molar-refractivity contribution in [3.05, 3.63) is 40.8 Å². The topological polar surface area (TPSA) is 52.3 Å². The van der Waals surface area contributed by atoms with Gasteiger partial charge in [-0.2, -0.15) is 0 Å². The van der Waals surface area contributed by atoms with E-state index in [0.717, 1.165) is 21.2 Å². The second-order valence-electron chi connectivity index (χ2n) is 5.37. The maximum absolute atomic E-state index is 12.2. The summed E-state index contributed by atoms with van der Waals surface area (Å²) in [7, 11) is 0. The van der Waals surface area contributed by atoms with Crippen LogP contribution in [0.1, 0.15) is 36.0 Å². The molecule has 0 saturated heterocycles. The number of anilines is 1. The van der Waals surface area contributed by atoms with Gasteiger partial charge < -0.3 is 10.5 Å². The van der Waals surface area contributed by atoms with Gasteiger partial charge in [-0.1, -0.05) is 37.7 Å². The zero-order chi connectivity index (χ0) is 16.1. The number of hydrogen-bond donors (Lipinski definition) is 1. The summed E-state index contributed by atoms with van der Waals surface area (Å²) in [6, 6.07) is 9.66. The molecule has 0 aliphatic heterocycles. The van der Waals surface area contributed by atoms with E-state index in [1.54, 1.807) is 11.3 Å². The van der Waals surface area contributed by atoms with Crippen molar-refractivity contribution in [1.82, 2.24) is 0 Å². The second kappa shape index (κ2) is 7.70. The van der Waals surface area contributed by atoms with Crippen LogP contribution in [0.3, 0.4) is 0 Å². The van der Waals surface area contributed by atoms with Crippen molar-refractivity contribution < 1.29 is 9.53 Å². The van der Waals surface area contributed by atoms with Crippen LogP contribution >= 0.6 is 23.1 Å². The fourth-order valence-electron chi connectivity index (χ4n) is 2.03. The van der Waals surface area contributed by atoms with Crippen LogP contribution < -0.4 is 5.73 Å². The van der Waals surface area contributed by atoms with Gasteiger partial charge in [0.15, 0.2) is 0 Å². The first kappa shape index (κ1) is 16.9. The highest BCUT2D eigenvalue weighted by Gasteiger charge is 2.19. The zero-order valence-electron chi connectivity index (χ0n) is 13.1. The number of nitrogen functional groups attached to an aromatic ring is 1. The molecule has 0 amide bonds. The molecule has 0 saturated carbocycles. The van der Waals surface area contributed by atoms with Crippen LogP contribution in [-0.4, -0.2) is 12.6 Å². The number of hydrogen-bond acceptors (Lipinski definition) is 5. The van der Waals surface area contributed by atoms with E-state index in [0.29, 0.717) is 18.1 Å². The van der Waals surface area contributed by atoms with Gasteiger partial charge in [-0.05, 0) is 37.5 Å². The highest BCUT2D eigenvalue weighted by Crippen LogP contribution is 2.40. The average molecular weight is 335 g/mol. The van der Waals surface area contributed by atoms with E-state index in [-0.39, 0.29) is 5.97 Å². The first-order valence-electron chi connectivity index (χ1n) is 7.33. The van der Waals surface area contributed by atoms with Gasteiger partial charge in [0.1, 0.15) is 0 Å². The number of nitrogens with two attached hydrogens (primary N) is 1. The van der Waals surface area contributed by atoms with Crippen LogP contribution in [0.4, 0.5) is 5.69 Å². The number of benzene rings is 1. The molecule has 3 nitrogen and oxygen atoms in total. The fraction of sp³-hybridized carbons (Fsp3) is 0.353. The number of para-hydroxylation sites is 1. The lowest BCUT2D eigenvalue weighted by atomic mass is 10.1. The van der Waals surface area contributed by atoms with Gasteiger partial charge in [-0.15, -0.1) is 11.3 Å². The zero-order valence-corrected chi connectivity index (χ0v) is 14.7. The Balaban J connectivity index is 2.33. The highest BCUT2D eigenvalue weighted by atomic mass is 32.2. The van der Waals surface area contributed by atoms with Crippen LogP contribution in [0.15, 0.2) is 39.4 Å². The van der Waals surface area contributed by atoms with E-state index in [2.05, 4.69) is 13.8 Å². The first-order chi connectivity index (χ1) is 10.5. The molecule has 22 heavy (non-hydrogen) atoms. The monoisotopic (exact) mass is 335 g/mol. The minimum absolute atomic E-state index is 0.259. The predicted molar refractivity (Wildman–Crippen MR) is 93.8 cm³/mol. The molecule has 2 rings (SSSR count). The summed E-state index contributed by atoms with van der Waals surface area (Å²) >= 11 is 3.19. The molecule has 0 fully saturated rings. The first-order valence-corrected chi connectivity index (χ1v) is 8.96. The standard InChI is InChI=1S/C17H21NO2S2/c1-4-20-16(19)13-10-12(9-11(2)3)21-17(13)22-15-8-6-5-7-14(15)18/h5-8,10-11H,4,9,18H2,1-3H3. The minimum Gasteiger partial charge on any atom is -0.462 e. The lowest BCUT2D eigenvalue weighted by Crippen LogP contribution is -2.04. The van der Waals surface area contributed by atoms with Crippen molar-refractivity contribution in [3.63, 3.8) is 0 Å². The molecule has 0 atom stereocenters. The van der Waals surface area contributed by atoms with Crippen LogP contribution in [0.2, 0.25) is 0 Å². The molecule has 5 heteroatoms. The summed E-state index contributed by atoms with van der Waals surface area (Å²) in [4.78, 5) is 14.3. The Labute approximate surface area is 139 Å². The molecule has 1 aromatic carbocycles. The molecule has 0 bridgehead atoms. The van der Waals surface area contributed by atoms with Crippen LogP contribution in [0.25, 0.3) is 0 Å². The average Bonchev–Trinajstić information content (AvgIpc) is 2.83. The van der Waals surface area contributed by atoms with Crippen molar-refractivity contribution in [2.45, 2.75) is 36.3 Å². The molecule has 1 aromatic heterocycles. The van der Waals surface area contributed by atoms with Crippen molar-refractivity contribution in [2.24, 2.45) is 5.92 Å². The van der Waals surface area contributed by atoms with Gasteiger partial charge in [0.2, 0.25) is 0 Å². The lowest BCUT2D eigenvalue weighted by Gasteiger charge is -2.05. The van der Waals surface area contributed by atoms with Crippen molar-refractivity contribution >= 4 is 34.8 Å². The van der Waals surface area contributed by atoms with Crippen molar-refractivity contribution in [2.75, 3.05) is 12.3 Å². The largest absolute Gasteiger partial charge is 0.462 e. The molecular weight excluding hydrogens is 314 g/mol. The molecule has 1 heterocycles. The SMILES string of the molecule is CCOC(=O)c1cc(CC(C)C)sc1Sc1ccccc1N. The van der Waals surface area contributed by atoms with Gasteiger partial charge in [0.05, 0.1) is 16.4 Å². The van der Waals surface area contributed by atoms with Gasteiger partial charge in [0, 0.05) is 15.5 Å². The quantitative estimate of drug-likeness (QED) is 0.605. The molecule has 0 aliphatic rings. The number of carbonyl (C=O) groups excluding carboxylic acids is 1. The van der Waals surface area contributed by atoms with Gasteiger partial charge in [0.25, 0.3) is 0 Å². The third-order valence-electron chi connectivity index (χ3n) is 2.98. The molecule has 0 unspecified atom stereocenters. The van der Waals surface area contributed by atoms with E-state index in [4.69, 9.17) is 10.5 Å². The second-order valence-corrected chi connectivity index (χ2v) is 7.82. The number of ether oxygens (including phenoxy) is 1. The molecule has 0 spiro atoms. The van der Waals surface area contributed by atoms with Crippen LogP contribution in [0.5, 0.6) is 0 Å². The lowest BCUT2D eigenvalue weighted by molar-refractivity contribution is 0.0523. The van der Waals surface area contributed by atoms with E-state index in [1.807, 2.05) is 37.3 Å². The van der Waals surface area contributed by atoms with Crippen LogP contribution in [0, 0.1) is 5.92 Å². The third-order valence-corrected chi connectivity index (χ3v) is 5.42. The Morgan fingerprint density at radius 3 is 2.73 bits per heavy atom. The van der Waals surface area contributed by atoms with Gasteiger partial charge in [-0.25, -0.2) is 4.79 Å². The Morgan fingerprint density at radius 1 is 1.36 bits per heavy atom. The summed E-state index contributed by atoms with van der Waals surface area (Å²) in [5.41, 5.74) is 7.38. The molecule has 2 aromatic rings. The summed E-state index contributed by atoms with van der Waals surface area (Å²) in [5, 5.41) is 0. The van der Waals surface area contributed by atoms with Crippen molar-refractivity contribution in [1.29, 1.82) is 0 Å². The van der Waals surface area contributed by atoms with Gasteiger partial charge >= 0.3 is 5.97 Å². The highest BCUT2D eigenvalue weighted by molar-refractivity contribution is 8.01. The normalized spacial score (nSPS) is 10.9. The Kier molecular flexibility index (Phi) is 5.91. The summed E-state index contributed by atoms with van der Waals surface area (Å²) in [6.45, 7) is 6.55. The summed E-state index contributed by atoms with van der Waals surface area (Å²) in [6.07, 6.45) is 0.960. The Hall–Kier alpha value is -1.46. The maximum atomic E-state index is 12.2. The molecule has 118 valence electrons. The number of thiophene rings is 1. The van der Waals surface area contributed by atoms with Gasteiger partial charge in [-0.3, -0.25) is 0 Å². The number of rotatable bonds is 6. The minimum atomic E-state index is -0.259. The third kappa shape index (κ3) is 4.27. The Bertz CT molecular complexity index is 650. The van der Waals surface area contributed by atoms with Crippen LogP contribution in [-0.2, 0) is 11.2 Å². The molecule has 0 radical (unpaired) electrons. The number of carbonyl (C=O) groups is 1. The Morgan fingerprint density at radius 2 is 2.09 bits per heavy atom. The number of esters is 1. The summed E-state index contributed by atoms with van der Waals surface area (Å²) < 4.78 is 6.13. The molecule has 2 N–H and O–H groups in total. The van der Waals surface area contributed by atoms with E-state index < -0.39 is 0 Å². The smallest absolute Gasteiger partial charge is 0.340 e.